The van der Waals surface area contributed by atoms with Gasteiger partial charge in [0.2, 0.25) is 0 Å². The minimum atomic E-state index is -0.306. The van der Waals surface area contributed by atoms with Gasteiger partial charge in [-0.05, 0) is 35.0 Å². The van der Waals surface area contributed by atoms with E-state index in [9.17, 15) is 10.1 Å². The number of anilines is 1. The van der Waals surface area contributed by atoms with Gasteiger partial charge in [0, 0.05) is 6.20 Å². The van der Waals surface area contributed by atoms with Crippen molar-refractivity contribution in [3.63, 3.8) is 0 Å². The van der Waals surface area contributed by atoms with Gasteiger partial charge in [-0.2, -0.15) is 5.26 Å². The molecular weight excluding hydrogens is 322 g/mol. The summed E-state index contributed by atoms with van der Waals surface area (Å²) in [4.78, 5) is 18.5. The van der Waals surface area contributed by atoms with Gasteiger partial charge < -0.3 is 5.73 Å². The Morgan fingerprint density at radius 2 is 2.16 bits per heavy atom. The van der Waals surface area contributed by atoms with Crippen molar-refractivity contribution in [3.8, 4) is 6.07 Å². The monoisotopic (exact) mass is 333 g/mol. The summed E-state index contributed by atoms with van der Waals surface area (Å²) in [5.74, 6) is 0.0380. The van der Waals surface area contributed by atoms with Crippen LogP contribution in [0.5, 0.6) is 0 Å². The highest BCUT2D eigenvalue weighted by Gasteiger charge is 2.15. The molecule has 0 fully saturated rings. The van der Waals surface area contributed by atoms with Gasteiger partial charge in [-0.15, -0.1) is 4.79 Å². The van der Waals surface area contributed by atoms with Crippen molar-refractivity contribution in [2.75, 3.05) is 11.2 Å². The number of para-hydroxylation sites is 2. The molecule has 0 aliphatic carbocycles. The molecule has 3 aromatic heterocycles. The van der Waals surface area contributed by atoms with Crippen molar-refractivity contribution in [2.45, 2.75) is 6.92 Å². The summed E-state index contributed by atoms with van der Waals surface area (Å²) >= 11 is 0. The lowest BCUT2D eigenvalue weighted by Crippen LogP contribution is -2.35. The van der Waals surface area contributed by atoms with E-state index in [1.165, 1.54) is 10.6 Å². The largest absolute Gasteiger partial charge is 0.365 e. The van der Waals surface area contributed by atoms with E-state index in [0.717, 1.165) is 4.79 Å². The van der Waals surface area contributed by atoms with Gasteiger partial charge in [-0.1, -0.05) is 17.2 Å². The number of nitrogens with zero attached hydrogens (tertiary/aromatic N) is 7. The number of fused-ring (bicyclic) bond motifs is 3. The van der Waals surface area contributed by atoms with E-state index in [4.69, 9.17) is 5.73 Å². The maximum Gasteiger partial charge on any atom is 0.265 e. The van der Waals surface area contributed by atoms with Crippen molar-refractivity contribution >= 4 is 28.8 Å². The van der Waals surface area contributed by atoms with E-state index >= 15 is 0 Å². The van der Waals surface area contributed by atoms with Crippen LogP contribution in [0.4, 0.5) is 5.95 Å². The van der Waals surface area contributed by atoms with E-state index in [1.54, 1.807) is 19.1 Å². The molecule has 0 radical (unpaired) electrons. The molecule has 0 aliphatic heterocycles. The summed E-state index contributed by atoms with van der Waals surface area (Å²) < 4.78 is 1.43. The second kappa shape index (κ2) is 5.27. The Hall–Kier alpha value is -4.00. The third-order valence-corrected chi connectivity index (χ3v) is 3.93. The number of benzene rings is 1. The highest BCUT2D eigenvalue weighted by molar-refractivity contribution is 5.82. The van der Waals surface area contributed by atoms with Crippen molar-refractivity contribution < 1.29 is 0 Å². The molecule has 3 N–H and O–H groups in total. The summed E-state index contributed by atoms with van der Waals surface area (Å²) in [6.45, 7) is 1.69. The third-order valence-electron chi connectivity index (χ3n) is 3.93. The van der Waals surface area contributed by atoms with Gasteiger partial charge in [0.1, 0.15) is 6.07 Å². The van der Waals surface area contributed by atoms with Gasteiger partial charge >= 0.3 is 0 Å². The average Bonchev–Trinajstić information content (AvgIpc) is 3.18. The first-order valence-electron chi connectivity index (χ1n) is 7.26. The second-order valence-electron chi connectivity index (χ2n) is 5.31. The minimum absolute atomic E-state index is 0.0380. The molecule has 0 unspecified atom stereocenters. The molecular formula is C15H11N9O. The molecule has 4 aromatic rings. The van der Waals surface area contributed by atoms with Gasteiger partial charge in [-0.3, -0.25) is 14.6 Å². The van der Waals surface area contributed by atoms with E-state index in [-0.39, 0.29) is 11.5 Å². The smallest absolute Gasteiger partial charge is 0.265 e. The molecule has 0 saturated heterocycles. The van der Waals surface area contributed by atoms with Crippen molar-refractivity contribution in [1.82, 2.24) is 29.7 Å². The Labute approximate surface area is 139 Å². The molecule has 3 heterocycles. The van der Waals surface area contributed by atoms with E-state index < -0.39 is 0 Å². The lowest BCUT2D eigenvalue weighted by atomic mass is 10.1. The molecule has 0 atom stereocenters. The standard InChI is InChI=1S/C15H11N9O/c1-8-9(6-16)13-19-11-4-2-3-5-12(11)23(13)14(25)10(8)7-18-24-15(17)20-21-22-24/h2-5,7,18H,1H3,(H2,17,20,22)/b10-7-. The van der Waals surface area contributed by atoms with Gasteiger partial charge in [0.05, 0.1) is 21.8 Å². The van der Waals surface area contributed by atoms with E-state index in [2.05, 4.69) is 32.0 Å². The molecule has 0 bridgehead atoms. The summed E-state index contributed by atoms with van der Waals surface area (Å²) in [6.07, 6.45) is 1.42. The number of rotatable bonds is 2. The SMILES string of the molecule is Cc1c(C#N)c2nc3ccccc3n2c(=O)/c1=C\Nn1nnnc1N. The molecule has 25 heavy (non-hydrogen) atoms. The Bertz CT molecular complexity index is 1280. The number of nitrogen functional groups attached to an aromatic ring is 1. The quantitative estimate of drug-likeness (QED) is 0.490. The number of hydrogen-bond acceptors (Lipinski definition) is 8. The summed E-state index contributed by atoms with van der Waals surface area (Å²) in [5.41, 5.74) is 10.5. The zero-order valence-electron chi connectivity index (χ0n) is 13.0. The van der Waals surface area contributed by atoms with Crippen molar-refractivity contribution in [3.05, 3.63) is 51.0 Å². The Kier molecular flexibility index (Phi) is 3.08. The van der Waals surface area contributed by atoms with Crippen LogP contribution >= 0.6 is 0 Å². The summed E-state index contributed by atoms with van der Waals surface area (Å²) in [5, 5.41) is 20.4. The highest BCUT2D eigenvalue weighted by Crippen LogP contribution is 2.17. The van der Waals surface area contributed by atoms with Crippen LogP contribution in [-0.4, -0.2) is 29.7 Å². The number of tetrazole rings is 1. The number of imidazole rings is 1. The van der Waals surface area contributed by atoms with E-state index in [0.29, 0.717) is 33.0 Å². The number of nitrogens with two attached hydrogens (primary N) is 1. The Morgan fingerprint density at radius 1 is 1.36 bits per heavy atom. The number of nitrogens with one attached hydrogen (secondary N) is 1. The maximum atomic E-state index is 13.0. The molecule has 0 spiro atoms. The summed E-state index contributed by atoms with van der Waals surface area (Å²) in [7, 11) is 0. The lowest BCUT2D eigenvalue weighted by molar-refractivity contribution is 0.748. The molecule has 0 aliphatic rings. The molecule has 10 heteroatoms. The van der Waals surface area contributed by atoms with Crippen LogP contribution < -0.4 is 21.9 Å². The van der Waals surface area contributed by atoms with Crippen LogP contribution in [0, 0.1) is 18.3 Å². The summed E-state index contributed by atoms with van der Waals surface area (Å²) in [6, 6.07) is 9.34. The highest BCUT2D eigenvalue weighted by atomic mass is 16.1. The Morgan fingerprint density at radius 3 is 2.88 bits per heavy atom. The fourth-order valence-corrected chi connectivity index (χ4v) is 2.70. The Balaban J connectivity index is 2.08. The minimum Gasteiger partial charge on any atom is -0.365 e. The van der Waals surface area contributed by atoms with Crippen LogP contribution in [0.1, 0.15) is 11.1 Å². The molecule has 4 rings (SSSR count). The van der Waals surface area contributed by atoms with Crippen LogP contribution in [0.15, 0.2) is 29.1 Å². The number of aromatic nitrogens is 6. The topological polar surface area (TPSA) is 140 Å². The first kappa shape index (κ1) is 14.6. The predicted molar refractivity (Wildman–Crippen MR) is 89.7 cm³/mol. The first-order chi connectivity index (χ1) is 12.1. The van der Waals surface area contributed by atoms with Crippen LogP contribution in [-0.2, 0) is 0 Å². The fraction of sp³-hybridized carbons (Fsp3) is 0.0667. The predicted octanol–water partition coefficient (Wildman–Crippen LogP) is -0.703. The van der Waals surface area contributed by atoms with Crippen molar-refractivity contribution in [2.24, 2.45) is 0 Å². The number of nitriles is 1. The van der Waals surface area contributed by atoms with Crippen LogP contribution in [0.25, 0.3) is 22.9 Å². The van der Waals surface area contributed by atoms with Crippen LogP contribution in [0.2, 0.25) is 0 Å². The molecule has 0 saturated carbocycles. The fourth-order valence-electron chi connectivity index (χ4n) is 2.70. The maximum absolute atomic E-state index is 13.0. The number of pyridine rings is 1. The normalized spacial score (nSPS) is 11.9. The third kappa shape index (κ3) is 2.07. The lowest BCUT2D eigenvalue weighted by Gasteiger charge is -2.04. The first-order valence-corrected chi connectivity index (χ1v) is 7.26. The van der Waals surface area contributed by atoms with Gasteiger partial charge in [0.15, 0.2) is 5.65 Å². The molecule has 0 amide bonds. The number of hydrogen-bond donors (Lipinski definition) is 2. The zero-order chi connectivity index (χ0) is 17.6. The second-order valence-corrected chi connectivity index (χ2v) is 5.31. The van der Waals surface area contributed by atoms with Crippen LogP contribution in [0.3, 0.4) is 0 Å². The average molecular weight is 333 g/mol. The molecule has 122 valence electrons. The molecule has 10 nitrogen and oxygen atoms in total. The van der Waals surface area contributed by atoms with Gasteiger partial charge in [-0.25, -0.2) is 4.98 Å². The van der Waals surface area contributed by atoms with Crippen molar-refractivity contribution in [1.29, 1.82) is 5.26 Å². The molecule has 1 aromatic carbocycles. The zero-order valence-corrected chi connectivity index (χ0v) is 13.0. The van der Waals surface area contributed by atoms with E-state index in [1.807, 2.05) is 12.1 Å². The van der Waals surface area contributed by atoms with Gasteiger partial charge in [0.25, 0.3) is 11.5 Å².